The molecular weight excluding hydrogens is 461 g/mol. The van der Waals surface area contributed by atoms with E-state index in [2.05, 4.69) is 19.7 Å². The number of benzene rings is 1. The summed E-state index contributed by atoms with van der Waals surface area (Å²) in [6.45, 7) is 1.69. The predicted molar refractivity (Wildman–Crippen MR) is 118 cm³/mol. The van der Waals surface area contributed by atoms with Gasteiger partial charge in [0.15, 0.2) is 0 Å². The SMILES string of the molecule is Cc1cc(S(=O)(=O)Nc2cc(Cl)cnc2C(=O)c2ncnc3c2ccn3C)ccc1Cl. The molecule has 0 radical (unpaired) electrons. The van der Waals surface area contributed by atoms with Crippen molar-refractivity contribution in [3.63, 3.8) is 0 Å². The molecular formula is C20H15Cl2N5O3S. The van der Waals surface area contributed by atoms with E-state index in [-0.39, 0.29) is 27.0 Å². The lowest BCUT2D eigenvalue weighted by Crippen LogP contribution is -2.17. The third-order valence-corrected chi connectivity index (χ3v) is 6.62. The van der Waals surface area contributed by atoms with Gasteiger partial charge in [-0.25, -0.2) is 23.4 Å². The number of ketones is 1. The number of carbonyl (C=O) groups is 1. The van der Waals surface area contributed by atoms with Crippen LogP contribution in [0.2, 0.25) is 10.0 Å². The van der Waals surface area contributed by atoms with Gasteiger partial charge in [0.25, 0.3) is 10.0 Å². The van der Waals surface area contributed by atoms with Crippen LogP contribution in [0.15, 0.2) is 53.9 Å². The molecule has 8 nitrogen and oxygen atoms in total. The number of halogens is 2. The van der Waals surface area contributed by atoms with Gasteiger partial charge in [0.1, 0.15) is 23.4 Å². The summed E-state index contributed by atoms with van der Waals surface area (Å²) in [5.41, 5.74) is 1.06. The zero-order chi connectivity index (χ0) is 22.3. The summed E-state index contributed by atoms with van der Waals surface area (Å²) in [6.07, 6.45) is 4.28. The van der Waals surface area contributed by atoms with Crippen LogP contribution in [-0.4, -0.2) is 33.7 Å². The minimum atomic E-state index is -4.04. The highest BCUT2D eigenvalue weighted by Gasteiger charge is 2.24. The lowest BCUT2D eigenvalue weighted by molar-refractivity contribution is 0.103. The number of pyridine rings is 1. The second kappa shape index (κ2) is 7.92. The van der Waals surface area contributed by atoms with Crippen LogP contribution in [-0.2, 0) is 17.1 Å². The van der Waals surface area contributed by atoms with Crippen LogP contribution in [0.3, 0.4) is 0 Å². The Morgan fingerprint density at radius 2 is 1.84 bits per heavy atom. The first kappa shape index (κ1) is 21.2. The molecule has 0 saturated heterocycles. The van der Waals surface area contributed by atoms with Crippen LogP contribution in [0.4, 0.5) is 5.69 Å². The monoisotopic (exact) mass is 475 g/mol. The maximum Gasteiger partial charge on any atom is 0.261 e. The number of aryl methyl sites for hydroxylation is 2. The van der Waals surface area contributed by atoms with Gasteiger partial charge in [-0.3, -0.25) is 9.52 Å². The summed E-state index contributed by atoms with van der Waals surface area (Å²) in [7, 11) is -2.25. The molecule has 4 aromatic rings. The Kier molecular flexibility index (Phi) is 5.42. The van der Waals surface area contributed by atoms with Crippen molar-refractivity contribution in [1.29, 1.82) is 0 Å². The third-order valence-electron chi connectivity index (χ3n) is 4.63. The van der Waals surface area contributed by atoms with E-state index in [9.17, 15) is 13.2 Å². The molecule has 0 unspecified atom stereocenters. The van der Waals surface area contributed by atoms with Gasteiger partial charge in [-0.15, -0.1) is 0 Å². The maximum absolute atomic E-state index is 13.3. The smallest absolute Gasteiger partial charge is 0.261 e. The molecule has 0 atom stereocenters. The first-order valence-electron chi connectivity index (χ1n) is 8.92. The molecule has 0 aliphatic carbocycles. The number of nitrogens with zero attached hydrogens (tertiary/aromatic N) is 4. The Bertz CT molecular complexity index is 1450. The fraction of sp³-hybridized carbons (Fsp3) is 0.100. The lowest BCUT2D eigenvalue weighted by atomic mass is 10.1. The number of aromatic nitrogens is 4. The normalized spacial score (nSPS) is 11.6. The lowest BCUT2D eigenvalue weighted by Gasteiger charge is -2.12. The van der Waals surface area contributed by atoms with Crippen LogP contribution in [0.5, 0.6) is 0 Å². The highest BCUT2D eigenvalue weighted by atomic mass is 35.5. The molecule has 0 saturated carbocycles. The number of sulfonamides is 1. The van der Waals surface area contributed by atoms with Gasteiger partial charge >= 0.3 is 0 Å². The van der Waals surface area contributed by atoms with E-state index < -0.39 is 15.8 Å². The Morgan fingerprint density at radius 3 is 2.58 bits per heavy atom. The quantitative estimate of drug-likeness (QED) is 0.437. The first-order valence-corrected chi connectivity index (χ1v) is 11.2. The third kappa shape index (κ3) is 3.99. The van der Waals surface area contributed by atoms with Gasteiger partial charge in [0.2, 0.25) is 5.78 Å². The average molecular weight is 476 g/mol. The Morgan fingerprint density at radius 1 is 1.06 bits per heavy atom. The van der Waals surface area contributed by atoms with E-state index in [0.29, 0.717) is 21.6 Å². The minimum absolute atomic E-state index is 0.0136. The van der Waals surface area contributed by atoms with Crippen LogP contribution in [0, 0.1) is 6.92 Å². The molecule has 0 amide bonds. The first-order chi connectivity index (χ1) is 14.7. The van der Waals surface area contributed by atoms with Crippen molar-refractivity contribution >= 4 is 55.7 Å². The number of carbonyl (C=O) groups excluding carboxylic acids is 1. The molecule has 0 aliphatic rings. The van der Waals surface area contributed by atoms with Crippen molar-refractivity contribution < 1.29 is 13.2 Å². The number of hydrogen-bond donors (Lipinski definition) is 1. The number of rotatable bonds is 5. The zero-order valence-electron chi connectivity index (χ0n) is 16.3. The van der Waals surface area contributed by atoms with Crippen LogP contribution in [0.1, 0.15) is 21.7 Å². The molecule has 3 aromatic heterocycles. The molecule has 1 aromatic carbocycles. The molecule has 11 heteroatoms. The van der Waals surface area contributed by atoms with E-state index in [1.165, 1.54) is 36.8 Å². The molecule has 3 heterocycles. The number of hydrogen-bond acceptors (Lipinski definition) is 6. The Balaban J connectivity index is 1.79. The standard InChI is InChI=1S/C20H15Cl2N5O3S/c1-11-7-13(3-4-15(11)22)31(29,30)26-16-8-12(21)9-23-18(16)19(28)17-14-5-6-27(2)20(14)25-10-24-17/h3-10,26H,1-2H3. The van der Waals surface area contributed by atoms with Crippen molar-refractivity contribution in [3.05, 3.63) is 76.0 Å². The second-order valence-electron chi connectivity index (χ2n) is 6.78. The van der Waals surface area contributed by atoms with E-state index in [1.807, 2.05) is 0 Å². The number of anilines is 1. The van der Waals surface area contributed by atoms with Crippen molar-refractivity contribution in [1.82, 2.24) is 19.5 Å². The van der Waals surface area contributed by atoms with Gasteiger partial charge in [0.05, 0.1) is 15.6 Å². The van der Waals surface area contributed by atoms with Gasteiger partial charge in [-0.1, -0.05) is 23.2 Å². The predicted octanol–water partition coefficient (Wildman–Crippen LogP) is 4.01. The molecule has 1 N–H and O–H groups in total. The molecule has 0 fully saturated rings. The van der Waals surface area contributed by atoms with Crippen molar-refractivity contribution in [2.24, 2.45) is 7.05 Å². The van der Waals surface area contributed by atoms with Crippen molar-refractivity contribution in [3.8, 4) is 0 Å². The van der Waals surface area contributed by atoms with Crippen LogP contribution >= 0.6 is 23.2 Å². The zero-order valence-corrected chi connectivity index (χ0v) is 18.6. The van der Waals surface area contributed by atoms with Gasteiger partial charge in [-0.05, 0) is 42.8 Å². The molecule has 158 valence electrons. The maximum atomic E-state index is 13.3. The van der Waals surface area contributed by atoms with Gasteiger partial charge in [0, 0.05) is 29.9 Å². The number of nitrogens with one attached hydrogen (secondary N) is 1. The fourth-order valence-corrected chi connectivity index (χ4v) is 4.47. The summed E-state index contributed by atoms with van der Waals surface area (Å²) in [5.74, 6) is -0.569. The van der Waals surface area contributed by atoms with Gasteiger partial charge in [-0.2, -0.15) is 0 Å². The molecule has 31 heavy (non-hydrogen) atoms. The fourth-order valence-electron chi connectivity index (χ4n) is 3.06. The molecule has 4 rings (SSSR count). The Hall–Kier alpha value is -3.01. The molecule has 0 aliphatic heterocycles. The average Bonchev–Trinajstić information content (AvgIpc) is 3.10. The van der Waals surface area contributed by atoms with Crippen LogP contribution in [0.25, 0.3) is 11.0 Å². The highest BCUT2D eigenvalue weighted by molar-refractivity contribution is 7.92. The van der Waals surface area contributed by atoms with E-state index in [0.717, 1.165) is 0 Å². The summed E-state index contributed by atoms with van der Waals surface area (Å²) in [5, 5.41) is 1.12. The van der Waals surface area contributed by atoms with E-state index in [4.69, 9.17) is 23.2 Å². The topological polar surface area (TPSA) is 107 Å². The minimum Gasteiger partial charge on any atom is -0.335 e. The van der Waals surface area contributed by atoms with Gasteiger partial charge < -0.3 is 4.57 Å². The summed E-state index contributed by atoms with van der Waals surface area (Å²) in [6, 6.07) is 7.32. The summed E-state index contributed by atoms with van der Waals surface area (Å²) < 4.78 is 30.0. The van der Waals surface area contributed by atoms with E-state index >= 15 is 0 Å². The largest absolute Gasteiger partial charge is 0.335 e. The second-order valence-corrected chi connectivity index (χ2v) is 9.31. The molecule has 0 spiro atoms. The number of fused-ring (bicyclic) bond motifs is 1. The highest BCUT2D eigenvalue weighted by Crippen LogP contribution is 2.27. The summed E-state index contributed by atoms with van der Waals surface area (Å²) >= 11 is 12.0. The Labute approximate surface area is 187 Å². The molecule has 0 bridgehead atoms. The van der Waals surface area contributed by atoms with Crippen molar-refractivity contribution in [2.45, 2.75) is 11.8 Å². The van der Waals surface area contributed by atoms with Crippen molar-refractivity contribution in [2.75, 3.05) is 4.72 Å². The summed E-state index contributed by atoms with van der Waals surface area (Å²) in [4.78, 5) is 25.6. The van der Waals surface area contributed by atoms with Crippen LogP contribution < -0.4 is 4.72 Å². The van der Waals surface area contributed by atoms with E-state index in [1.54, 1.807) is 30.8 Å².